The minimum atomic E-state index is -0.350. The van der Waals surface area contributed by atoms with Gasteiger partial charge in [0.15, 0.2) is 5.82 Å². The smallest absolute Gasteiger partial charge is 0.260 e. The standard InChI is InChI=1S/C24H30N8O2/c1-14(2)23(30-25)32(26)22-7-5-6-21(28-22)29-24(33)19-11-18(15(3)10-20(19)34-4)16-12-27-31(13-16)17-8-9-17/h5-7,10-14,17H,8-9,25-26H2,1-4H3,(H,28,29,33)/b30-23-. The summed E-state index contributed by atoms with van der Waals surface area (Å²) < 4.78 is 7.49. The highest BCUT2D eigenvalue weighted by Gasteiger charge is 2.25. The van der Waals surface area contributed by atoms with Gasteiger partial charge in [-0.3, -0.25) is 9.48 Å². The van der Waals surface area contributed by atoms with E-state index in [-0.39, 0.29) is 11.8 Å². The predicted octanol–water partition coefficient (Wildman–Crippen LogP) is 3.46. The van der Waals surface area contributed by atoms with E-state index < -0.39 is 0 Å². The molecule has 2 aromatic heterocycles. The fraction of sp³-hybridized carbons (Fsp3) is 0.333. The molecule has 3 aromatic rings. The van der Waals surface area contributed by atoms with Gasteiger partial charge in [-0.15, -0.1) is 0 Å². The highest BCUT2D eigenvalue weighted by Crippen LogP contribution is 2.36. The molecule has 0 aliphatic heterocycles. The third kappa shape index (κ3) is 4.72. The maximum Gasteiger partial charge on any atom is 0.260 e. The third-order valence-electron chi connectivity index (χ3n) is 5.74. The number of aryl methyl sites for hydroxylation is 1. The molecule has 5 N–H and O–H groups in total. The summed E-state index contributed by atoms with van der Waals surface area (Å²) in [6.07, 6.45) is 6.16. The molecule has 2 heterocycles. The normalized spacial score (nSPS) is 13.8. The average Bonchev–Trinajstić information content (AvgIpc) is 3.56. The first-order valence-corrected chi connectivity index (χ1v) is 11.2. The second kappa shape index (κ2) is 9.52. The summed E-state index contributed by atoms with van der Waals surface area (Å²) in [6.45, 7) is 5.83. The number of nitrogens with one attached hydrogen (secondary N) is 1. The highest BCUT2D eigenvalue weighted by molar-refractivity contribution is 6.07. The van der Waals surface area contributed by atoms with Gasteiger partial charge in [-0.05, 0) is 55.2 Å². The number of nitrogens with two attached hydrogens (primary N) is 2. The molecule has 34 heavy (non-hydrogen) atoms. The Morgan fingerprint density at radius 2 is 2.09 bits per heavy atom. The zero-order valence-corrected chi connectivity index (χ0v) is 19.8. The molecule has 1 aromatic carbocycles. The second-order valence-electron chi connectivity index (χ2n) is 8.65. The summed E-state index contributed by atoms with van der Waals surface area (Å²) in [5.41, 5.74) is 3.27. The van der Waals surface area contributed by atoms with Crippen LogP contribution in [0.1, 0.15) is 48.7 Å². The molecule has 1 aliphatic carbocycles. The number of aromatic nitrogens is 3. The molecule has 0 atom stereocenters. The van der Waals surface area contributed by atoms with E-state index in [1.165, 1.54) is 5.01 Å². The molecule has 0 unspecified atom stereocenters. The Morgan fingerprint density at radius 1 is 1.32 bits per heavy atom. The van der Waals surface area contributed by atoms with Crippen molar-refractivity contribution in [1.82, 2.24) is 14.8 Å². The Hall–Kier alpha value is -3.92. The number of anilines is 2. The van der Waals surface area contributed by atoms with Gasteiger partial charge in [0.05, 0.1) is 24.9 Å². The van der Waals surface area contributed by atoms with Crippen LogP contribution in [0.15, 0.2) is 47.8 Å². The van der Waals surface area contributed by atoms with Gasteiger partial charge >= 0.3 is 0 Å². The number of carbonyl (C=O) groups excluding carboxylic acids is 1. The van der Waals surface area contributed by atoms with Crippen molar-refractivity contribution >= 4 is 23.4 Å². The van der Waals surface area contributed by atoms with E-state index in [4.69, 9.17) is 16.4 Å². The fourth-order valence-corrected chi connectivity index (χ4v) is 3.77. The van der Waals surface area contributed by atoms with Gasteiger partial charge in [0.2, 0.25) is 0 Å². The zero-order valence-electron chi connectivity index (χ0n) is 19.8. The lowest BCUT2D eigenvalue weighted by Crippen LogP contribution is -2.41. The number of hydrazine groups is 1. The number of amidine groups is 1. The molecule has 178 valence electrons. The number of ether oxygens (including phenoxy) is 1. The fourth-order valence-electron chi connectivity index (χ4n) is 3.77. The first-order chi connectivity index (χ1) is 16.3. The number of hydrazone groups is 1. The van der Waals surface area contributed by atoms with Gasteiger partial charge in [-0.25, -0.2) is 15.8 Å². The summed E-state index contributed by atoms with van der Waals surface area (Å²) in [5.74, 6) is 13.0. The summed E-state index contributed by atoms with van der Waals surface area (Å²) >= 11 is 0. The van der Waals surface area contributed by atoms with Crippen molar-refractivity contribution in [1.29, 1.82) is 0 Å². The number of hydrogen-bond acceptors (Lipinski definition) is 7. The second-order valence-corrected chi connectivity index (χ2v) is 8.65. The van der Waals surface area contributed by atoms with Gasteiger partial charge in [-0.1, -0.05) is 19.9 Å². The summed E-state index contributed by atoms with van der Waals surface area (Å²) in [4.78, 5) is 17.7. The third-order valence-corrected chi connectivity index (χ3v) is 5.74. The molecular weight excluding hydrogens is 432 g/mol. The molecule has 1 saturated carbocycles. The summed E-state index contributed by atoms with van der Waals surface area (Å²) in [6, 6.07) is 9.31. The van der Waals surface area contributed by atoms with Crippen LogP contribution in [0.25, 0.3) is 11.1 Å². The van der Waals surface area contributed by atoms with Crippen molar-refractivity contribution < 1.29 is 9.53 Å². The quantitative estimate of drug-likeness (QED) is 0.212. The lowest BCUT2D eigenvalue weighted by Gasteiger charge is -2.21. The van der Waals surface area contributed by atoms with Crippen molar-refractivity contribution in [2.24, 2.45) is 22.7 Å². The van der Waals surface area contributed by atoms with E-state index in [9.17, 15) is 4.79 Å². The van der Waals surface area contributed by atoms with Gasteiger partial charge < -0.3 is 15.9 Å². The number of hydrogen-bond donors (Lipinski definition) is 3. The van der Waals surface area contributed by atoms with Crippen LogP contribution in [0.2, 0.25) is 0 Å². The lowest BCUT2D eigenvalue weighted by atomic mass is 9.99. The van der Waals surface area contributed by atoms with Gasteiger partial charge in [-0.2, -0.15) is 10.2 Å². The number of methoxy groups -OCH3 is 1. The molecule has 0 bridgehead atoms. The van der Waals surface area contributed by atoms with Crippen LogP contribution in [0, 0.1) is 12.8 Å². The maximum absolute atomic E-state index is 13.3. The van der Waals surface area contributed by atoms with E-state index in [2.05, 4.69) is 20.5 Å². The van der Waals surface area contributed by atoms with E-state index in [1.54, 1.807) is 25.3 Å². The highest BCUT2D eigenvalue weighted by atomic mass is 16.5. The Bertz CT molecular complexity index is 1230. The Kier molecular flexibility index (Phi) is 6.51. The first-order valence-electron chi connectivity index (χ1n) is 11.2. The Morgan fingerprint density at radius 3 is 2.74 bits per heavy atom. The van der Waals surface area contributed by atoms with Crippen LogP contribution in [0.3, 0.4) is 0 Å². The average molecular weight is 463 g/mol. The molecule has 1 aliphatic rings. The molecule has 0 saturated heterocycles. The Labute approximate surface area is 198 Å². The van der Waals surface area contributed by atoms with Crippen molar-refractivity contribution in [2.45, 2.75) is 39.7 Å². The molecule has 1 fully saturated rings. The number of pyridine rings is 1. The molecule has 10 nitrogen and oxygen atoms in total. The molecule has 0 radical (unpaired) electrons. The van der Waals surface area contributed by atoms with E-state index in [1.807, 2.05) is 50.0 Å². The minimum absolute atomic E-state index is 0.00504. The van der Waals surface area contributed by atoms with Crippen LogP contribution in [0.5, 0.6) is 5.75 Å². The Balaban J connectivity index is 1.61. The van der Waals surface area contributed by atoms with E-state index in [0.717, 1.165) is 29.5 Å². The number of carbonyl (C=O) groups is 1. The number of benzene rings is 1. The van der Waals surface area contributed by atoms with Crippen LogP contribution < -0.4 is 26.7 Å². The van der Waals surface area contributed by atoms with Crippen LogP contribution >= 0.6 is 0 Å². The van der Waals surface area contributed by atoms with E-state index >= 15 is 0 Å². The lowest BCUT2D eigenvalue weighted by molar-refractivity contribution is 0.102. The first kappa shape index (κ1) is 23.2. The van der Waals surface area contributed by atoms with Crippen molar-refractivity contribution in [3.05, 3.63) is 53.9 Å². The van der Waals surface area contributed by atoms with Gasteiger partial charge in [0, 0.05) is 17.7 Å². The summed E-state index contributed by atoms with van der Waals surface area (Å²) in [5, 5.41) is 12.4. The molecule has 10 heteroatoms. The molecular formula is C24H30N8O2. The van der Waals surface area contributed by atoms with Gasteiger partial charge in [0.1, 0.15) is 17.4 Å². The number of amides is 1. The minimum Gasteiger partial charge on any atom is -0.496 e. The topological polar surface area (TPSA) is 137 Å². The van der Waals surface area contributed by atoms with E-state index in [0.29, 0.717) is 34.8 Å². The summed E-state index contributed by atoms with van der Waals surface area (Å²) in [7, 11) is 1.54. The van der Waals surface area contributed by atoms with Crippen LogP contribution in [-0.4, -0.2) is 33.6 Å². The van der Waals surface area contributed by atoms with Crippen molar-refractivity contribution in [2.75, 3.05) is 17.4 Å². The SMILES string of the molecule is COc1cc(C)c(-c2cnn(C3CC3)c2)cc1C(=O)Nc1cccc(N(N)/C(=N\N)C(C)C)n1. The molecule has 0 spiro atoms. The van der Waals surface area contributed by atoms with Crippen molar-refractivity contribution in [3.8, 4) is 16.9 Å². The zero-order chi connectivity index (χ0) is 24.4. The monoisotopic (exact) mass is 462 g/mol. The van der Waals surface area contributed by atoms with Crippen LogP contribution in [-0.2, 0) is 0 Å². The maximum atomic E-state index is 13.3. The number of rotatable bonds is 7. The van der Waals surface area contributed by atoms with Crippen molar-refractivity contribution in [3.63, 3.8) is 0 Å². The predicted molar refractivity (Wildman–Crippen MR) is 133 cm³/mol. The van der Waals surface area contributed by atoms with Crippen LogP contribution in [0.4, 0.5) is 11.6 Å². The number of nitrogens with zero attached hydrogens (tertiary/aromatic N) is 5. The van der Waals surface area contributed by atoms with Gasteiger partial charge in [0.25, 0.3) is 5.91 Å². The largest absolute Gasteiger partial charge is 0.496 e. The molecule has 1 amide bonds. The molecule has 4 rings (SSSR count).